The molecule has 0 N–H and O–H groups in total. The second-order valence-electron chi connectivity index (χ2n) is 5.96. The Balaban J connectivity index is 1.97. The molecule has 4 heteroatoms. The van der Waals surface area contributed by atoms with Crippen LogP contribution >= 0.6 is 0 Å². The predicted molar refractivity (Wildman–Crippen MR) is 89.0 cm³/mol. The van der Waals surface area contributed by atoms with E-state index in [9.17, 15) is 0 Å². The Morgan fingerprint density at radius 3 is 2.55 bits per heavy atom. The van der Waals surface area contributed by atoms with E-state index in [1.54, 1.807) is 7.11 Å². The van der Waals surface area contributed by atoms with Crippen LogP contribution in [0.2, 0.25) is 0 Å². The topological polar surface area (TPSA) is 38.2 Å². The summed E-state index contributed by atoms with van der Waals surface area (Å²) in [5, 5.41) is 0. The molecule has 22 heavy (non-hydrogen) atoms. The summed E-state index contributed by atoms with van der Waals surface area (Å²) in [4.78, 5) is 11.5. The van der Waals surface area contributed by atoms with E-state index in [-0.39, 0.29) is 0 Å². The van der Waals surface area contributed by atoms with Gasteiger partial charge in [0.25, 0.3) is 0 Å². The SMILES string of the molecule is CCC1Cc2nc(C)nc(N(C)c3ccc(OC)cc3)c2C1. The first-order chi connectivity index (χ1) is 10.6. The second kappa shape index (κ2) is 5.95. The monoisotopic (exact) mass is 297 g/mol. The number of aryl methyl sites for hydroxylation is 1. The molecule has 0 saturated carbocycles. The molecule has 0 saturated heterocycles. The van der Waals surface area contributed by atoms with E-state index in [0.717, 1.165) is 35.9 Å². The van der Waals surface area contributed by atoms with Crippen molar-refractivity contribution in [2.24, 2.45) is 5.92 Å². The van der Waals surface area contributed by atoms with E-state index in [1.807, 2.05) is 19.1 Å². The molecule has 1 aliphatic carbocycles. The molecule has 3 rings (SSSR count). The highest BCUT2D eigenvalue weighted by molar-refractivity contribution is 5.64. The van der Waals surface area contributed by atoms with Crippen molar-refractivity contribution < 1.29 is 4.74 Å². The van der Waals surface area contributed by atoms with Crippen molar-refractivity contribution in [1.82, 2.24) is 9.97 Å². The summed E-state index contributed by atoms with van der Waals surface area (Å²) in [5.74, 6) is 3.47. The zero-order valence-electron chi connectivity index (χ0n) is 13.8. The molecule has 0 spiro atoms. The molecule has 1 aliphatic rings. The zero-order chi connectivity index (χ0) is 15.7. The molecule has 2 aromatic rings. The van der Waals surface area contributed by atoms with Crippen LogP contribution in [0.1, 0.15) is 30.4 Å². The molecular weight excluding hydrogens is 274 g/mol. The molecule has 1 aromatic carbocycles. The standard InChI is InChI=1S/C18H23N3O/c1-5-13-10-16-17(11-13)19-12(2)20-18(16)21(3)14-6-8-15(22-4)9-7-14/h6-9,13H,5,10-11H2,1-4H3. The normalized spacial score (nSPS) is 16.5. The molecule has 1 heterocycles. The van der Waals surface area contributed by atoms with Gasteiger partial charge in [0.2, 0.25) is 0 Å². The Kier molecular flexibility index (Phi) is 4.01. The lowest BCUT2D eigenvalue weighted by Crippen LogP contribution is -2.15. The third-order valence-electron chi connectivity index (χ3n) is 4.51. The molecule has 0 radical (unpaired) electrons. The number of aromatic nitrogens is 2. The Bertz CT molecular complexity index is 667. The van der Waals surface area contributed by atoms with E-state index >= 15 is 0 Å². The first-order valence-corrected chi connectivity index (χ1v) is 7.86. The third kappa shape index (κ3) is 2.65. The highest BCUT2D eigenvalue weighted by Gasteiger charge is 2.27. The molecule has 1 atom stereocenters. The molecule has 1 aromatic heterocycles. The Morgan fingerprint density at radius 1 is 1.18 bits per heavy atom. The summed E-state index contributed by atoms with van der Waals surface area (Å²) in [7, 11) is 3.76. The van der Waals surface area contributed by atoms with Crippen LogP contribution in [0.4, 0.5) is 11.5 Å². The fourth-order valence-electron chi connectivity index (χ4n) is 3.14. The molecule has 116 valence electrons. The van der Waals surface area contributed by atoms with E-state index < -0.39 is 0 Å². The number of ether oxygens (including phenoxy) is 1. The molecular formula is C18H23N3O. The van der Waals surface area contributed by atoms with Crippen LogP contribution in [0, 0.1) is 12.8 Å². The molecule has 0 aliphatic heterocycles. The van der Waals surface area contributed by atoms with Gasteiger partial charge in [-0.15, -0.1) is 0 Å². The minimum atomic E-state index is 0.703. The van der Waals surface area contributed by atoms with Crippen molar-refractivity contribution in [3.05, 3.63) is 41.3 Å². The fraction of sp³-hybridized carbons (Fsp3) is 0.444. The average Bonchev–Trinajstić information content (AvgIpc) is 2.96. The Morgan fingerprint density at radius 2 is 1.91 bits per heavy atom. The summed E-state index contributed by atoms with van der Waals surface area (Å²) in [6, 6.07) is 8.09. The molecule has 0 fully saturated rings. The maximum absolute atomic E-state index is 5.23. The lowest BCUT2D eigenvalue weighted by molar-refractivity contribution is 0.415. The van der Waals surface area contributed by atoms with Gasteiger partial charge in [0, 0.05) is 24.0 Å². The lowest BCUT2D eigenvalue weighted by Gasteiger charge is -2.21. The number of rotatable bonds is 4. The van der Waals surface area contributed by atoms with Crippen molar-refractivity contribution in [2.75, 3.05) is 19.1 Å². The highest BCUT2D eigenvalue weighted by Crippen LogP contribution is 2.35. The van der Waals surface area contributed by atoms with Crippen LogP contribution in [0.25, 0.3) is 0 Å². The average molecular weight is 297 g/mol. The van der Waals surface area contributed by atoms with Crippen molar-refractivity contribution in [3.63, 3.8) is 0 Å². The molecule has 4 nitrogen and oxygen atoms in total. The van der Waals surface area contributed by atoms with Crippen LogP contribution in [-0.4, -0.2) is 24.1 Å². The Labute approximate surface area is 132 Å². The van der Waals surface area contributed by atoms with Gasteiger partial charge in [0.05, 0.1) is 7.11 Å². The molecule has 0 amide bonds. The number of hydrogen-bond donors (Lipinski definition) is 0. The van der Waals surface area contributed by atoms with Crippen molar-refractivity contribution in [3.8, 4) is 5.75 Å². The molecule has 1 unspecified atom stereocenters. The van der Waals surface area contributed by atoms with Crippen LogP contribution < -0.4 is 9.64 Å². The number of benzene rings is 1. The Hall–Kier alpha value is -2.10. The fourth-order valence-corrected chi connectivity index (χ4v) is 3.14. The largest absolute Gasteiger partial charge is 0.497 e. The van der Waals surface area contributed by atoms with Gasteiger partial charge in [-0.3, -0.25) is 0 Å². The van der Waals surface area contributed by atoms with Crippen LogP contribution in [-0.2, 0) is 12.8 Å². The number of anilines is 2. The van der Waals surface area contributed by atoms with Crippen LogP contribution in [0.15, 0.2) is 24.3 Å². The number of methoxy groups -OCH3 is 1. The van der Waals surface area contributed by atoms with E-state index in [0.29, 0.717) is 5.92 Å². The summed E-state index contributed by atoms with van der Waals surface area (Å²) < 4.78 is 5.23. The third-order valence-corrected chi connectivity index (χ3v) is 4.51. The lowest BCUT2D eigenvalue weighted by atomic mass is 10.0. The highest BCUT2D eigenvalue weighted by atomic mass is 16.5. The quantitative estimate of drug-likeness (QED) is 0.862. The van der Waals surface area contributed by atoms with Gasteiger partial charge in [0.1, 0.15) is 17.4 Å². The van der Waals surface area contributed by atoms with Gasteiger partial charge in [-0.25, -0.2) is 9.97 Å². The number of nitrogens with zero attached hydrogens (tertiary/aromatic N) is 3. The first kappa shape index (κ1) is 14.8. The zero-order valence-corrected chi connectivity index (χ0v) is 13.8. The van der Waals surface area contributed by atoms with Gasteiger partial charge in [0.15, 0.2) is 0 Å². The first-order valence-electron chi connectivity index (χ1n) is 7.86. The van der Waals surface area contributed by atoms with Crippen LogP contribution in [0.3, 0.4) is 0 Å². The maximum Gasteiger partial charge on any atom is 0.139 e. The van der Waals surface area contributed by atoms with E-state index in [4.69, 9.17) is 9.72 Å². The predicted octanol–water partition coefficient (Wildman–Crippen LogP) is 3.69. The van der Waals surface area contributed by atoms with Crippen LogP contribution in [0.5, 0.6) is 5.75 Å². The van der Waals surface area contributed by atoms with Gasteiger partial charge < -0.3 is 9.64 Å². The number of hydrogen-bond acceptors (Lipinski definition) is 4. The van der Waals surface area contributed by atoms with Gasteiger partial charge in [-0.2, -0.15) is 0 Å². The van der Waals surface area contributed by atoms with Crippen molar-refractivity contribution in [1.29, 1.82) is 0 Å². The van der Waals surface area contributed by atoms with E-state index in [1.165, 1.54) is 17.7 Å². The summed E-state index contributed by atoms with van der Waals surface area (Å²) in [5.41, 5.74) is 3.66. The van der Waals surface area contributed by atoms with Crippen molar-refractivity contribution >= 4 is 11.5 Å². The minimum Gasteiger partial charge on any atom is -0.497 e. The minimum absolute atomic E-state index is 0.703. The van der Waals surface area contributed by atoms with Crippen molar-refractivity contribution in [2.45, 2.75) is 33.1 Å². The smallest absolute Gasteiger partial charge is 0.139 e. The number of fused-ring (bicyclic) bond motifs is 1. The van der Waals surface area contributed by atoms with Gasteiger partial charge in [-0.1, -0.05) is 13.3 Å². The van der Waals surface area contributed by atoms with Gasteiger partial charge in [-0.05, 0) is 49.9 Å². The molecule has 0 bridgehead atoms. The summed E-state index contributed by atoms with van der Waals surface area (Å²) in [6.07, 6.45) is 3.36. The maximum atomic E-state index is 5.23. The summed E-state index contributed by atoms with van der Waals surface area (Å²) >= 11 is 0. The van der Waals surface area contributed by atoms with Gasteiger partial charge >= 0.3 is 0 Å². The second-order valence-corrected chi connectivity index (χ2v) is 5.96. The van der Waals surface area contributed by atoms with E-state index in [2.05, 4.69) is 36.0 Å². The summed E-state index contributed by atoms with van der Waals surface area (Å²) in [6.45, 7) is 4.23.